The van der Waals surface area contributed by atoms with Crippen LogP contribution in [-0.4, -0.2) is 24.2 Å². The largest absolute Gasteiger partial charge is 0.465 e. The first-order valence-electron chi connectivity index (χ1n) is 5.49. The van der Waals surface area contributed by atoms with Gasteiger partial charge in [-0.2, -0.15) is 0 Å². The van der Waals surface area contributed by atoms with Crippen LogP contribution in [0.15, 0.2) is 11.6 Å². The molecule has 90 valence electrons. The molecular weight excluding hydrogens is 226 g/mol. The summed E-state index contributed by atoms with van der Waals surface area (Å²) in [6.07, 6.45) is 4.13. The van der Waals surface area contributed by atoms with E-state index in [9.17, 15) is 4.79 Å². The monoisotopic (exact) mass is 243 g/mol. The summed E-state index contributed by atoms with van der Waals surface area (Å²) in [7, 11) is 0. The number of carbonyl (C=O) groups excluding carboxylic acids is 1. The van der Waals surface area contributed by atoms with Gasteiger partial charge in [-0.25, -0.2) is 4.72 Å². The molecule has 0 bridgehead atoms. The van der Waals surface area contributed by atoms with Crippen molar-refractivity contribution in [3.63, 3.8) is 0 Å². The van der Waals surface area contributed by atoms with E-state index in [2.05, 4.69) is 17.7 Å². The average Bonchev–Trinajstić information content (AvgIpc) is 2.65. The predicted octanol–water partition coefficient (Wildman–Crippen LogP) is 1.83. The Morgan fingerprint density at radius 1 is 1.81 bits per heavy atom. The van der Waals surface area contributed by atoms with Gasteiger partial charge in [-0.05, 0) is 37.8 Å². The van der Waals surface area contributed by atoms with Crippen LogP contribution in [0.3, 0.4) is 0 Å². The molecular formula is C11H17NO3S. The fraction of sp³-hybridized carbons (Fsp3) is 0.727. The van der Waals surface area contributed by atoms with Crippen molar-refractivity contribution < 1.29 is 14.3 Å². The number of rotatable bonds is 2. The van der Waals surface area contributed by atoms with Crippen LogP contribution in [0, 0.1) is 5.92 Å². The van der Waals surface area contributed by atoms with Gasteiger partial charge in [0.1, 0.15) is 11.7 Å². The first-order chi connectivity index (χ1) is 7.61. The zero-order valence-corrected chi connectivity index (χ0v) is 10.4. The molecule has 2 atom stereocenters. The topological polar surface area (TPSA) is 47.6 Å². The Morgan fingerprint density at radius 2 is 2.62 bits per heavy atom. The van der Waals surface area contributed by atoms with Gasteiger partial charge in [0.15, 0.2) is 0 Å². The average molecular weight is 243 g/mol. The van der Waals surface area contributed by atoms with Crippen LogP contribution in [0.2, 0.25) is 0 Å². The summed E-state index contributed by atoms with van der Waals surface area (Å²) in [4.78, 5) is 10.6. The minimum absolute atomic E-state index is 0.184. The molecule has 0 radical (unpaired) electrons. The van der Waals surface area contributed by atoms with Crippen LogP contribution in [-0.2, 0) is 14.3 Å². The minimum Gasteiger partial charge on any atom is -0.465 e. The van der Waals surface area contributed by atoms with E-state index in [-0.39, 0.29) is 10.9 Å². The van der Waals surface area contributed by atoms with Crippen LogP contribution < -0.4 is 4.72 Å². The second-order valence-electron chi connectivity index (χ2n) is 4.27. The zero-order valence-electron chi connectivity index (χ0n) is 9.62. The van der Waals surface area contributed by atoms with Gasteiger partial charge in [0.2, 0.25) is 0 Å². The molecule has 2 rings (SSSR count). The van der Waals surface area contributed by atoms with Crippen molar-refractivity contribution in [3.05, 3.63) is 11.6 Å². The first kappa shape index (κ1) is 12.0. The summed E-state index contributed by atoms with van der Waals surface area (Å²) in [5, 5.41) is 0. The van der Waals surface area contributed by atoms with Crippen molar-refractivity contribution in [2.24, 2.45) is 5.92 Å². The Bertz CT molecular complexity index is 310. The Labute approximate surface area is 99.9 Å². The summed E-state index contributed by atoms with van der Waals surface area (Å²) >= 11 is 1.64. The first-order valence-corrected chi connectivity index (χ1v) is 6.30. The van der Waals surface area contributed by atoms with E-state index in [4.69, 9.17) is 9.47 Å². The lowest BCUT2D eigenvalue weighted by atomic mass is 9.87. The van der Waals surface area contributed by atoms with E-state index in [1.807, 2.05) is 0 Å². The predicted molar refractivity (Wildman–Crippen MR) is 62.5 cm³/mol. The highest BCUT2D eigenvalue weighted by Crippen LogP contribution is 2.42. The van der Waals surface area contributed by atoms with Gasteiger partial charge >= 0.3 is 5.97 Å². The van der Waals surface area contributed by atoms with Crippen molar-refractivity contribution >= 4 is 17.9 Å². The van der Waals surface area contributed by atoms with E-state index in [1.165, 1.54) is 12.5 Å². The molecule has 1 aliphatic heterocycles. The number of hydrogen-bond acceptors (Lipinski definition) is 5. The standard InChI is InChI=1S/C11H17NO3S/c1-8-5-11(15-7-12-16-11)4-3-10(8)6-14-9(2)13/h5,10,12H,3-4,6-7H2,1-2H3. The third-order valence-corrected chi connectivity index (χ3v) is 4.09. The SMILES string of the molecule is CC(=O)OCC1CCC2(C=C1C)OCNS2. The Kier molecular flexibility index (Phi) is 3.56. The van der Waals surface area contributed by atoms with Crippen molar-refractivity contribution in [1.29, 1.82) is 0 Å². The Morgan fingerprint density at radius 3 is 3.19 bits per heavy atom. The molecule has 16 heavy (non-hydrogen) atoms. The van der Waals surface area contributed by atoms with Crippen LogP contribution in [0.5, 0.6) is 0 Å². The maximum atomic E-state index is 10.8. The molecule has 1 aliphatic carbocycles. The second-order valence-corrected chi connectivity index (χ2v) is 5.46. The van der Waals surface area contributed by atoms with Gasteiger partial charge in [-0.3, -0.25) is 4.79 Å². The van der Waals surface area contributed by atoms with Gasteiger partial charge in [-0.15, -0.1) is 0 Å². The molecule has 1 saturated heterocycles. The molecule has 0 amide bonds. The maximum Gasteiger partial charge on any atom is 0.302 e. The third kappa shape index (κ3) is 2.59. The van der Waals surface area contributed by atoms with Gasteiger partial charge < -0.3 is 9.47 Å². The van der Waals surface area contributed by atoms with Gasteiger partial charge in [0.25, 0.3) is 0 Å². The molecule has 0 saturated carbocycles. The van der Waals surface area contributed by atoms with Crippen molar-refractivity contribution in [2.45, 2.75) is 31.6 Å². The van der Waals surface area contributed by atoms with Crippen LogP contribution in [0.4, 0.5) is 0 Å². The van der Waals surface area contributed by atoms with Crippen molar-refractivity contribution in [1.82, 2.24) is 4.72 Å². The fourth-order valence-corrected chi connectivity index (χ4v) is 3.04. The van der Waals surface area contributed by atoms with Crippen LogP contribution in [0.1, 0.15) is 26.7 Å². The maximum absolute atomic E-state index is 10.8. The van der Waals surface area contributed by atoms with Crippen molar-refractivity contribution in [2.75, 3.05) is 13.3 Å². The summed E-state index contributed by atoms with van der Waals surface area (Å²) in [6.45, 7) is 4.62. The van der Waals surface area contributed by atoms with E-state index in [1.54, 1.807) is 11.9 Å². The molecule has 5 heteroatoms. The molecule has 0 aromatic heterocycles. The molecule has 4 nitrogen and oxygen atoms in total. The third-order valence-electron chi connectivity index (χ3n) is 3.04. The van der Waals surface area contributed by atoms with Crippen LogP contribution in [0.25, 0.3) is 0 Å². The fourth-order valence-electron chi connectivity index (χ4n) is 2.10. The lowest BCUT2D eigenvalue weighted by Crippen LogP contribution is -2.30. The highest BCUT2D eigenvalue weighted by Gasteiger charge is 2.38. The number of ether oxygens (including phenoxy) is 2. The van der Waals surface area contributed by atoms with Crippen molar-refractivity contribution in [3.8, 4) is 0 Å². The molecule has 2 aliphatic rings. The van der Waals surface area contributed by atoms with Gasteiger partial charge in [0.05, 0.1) is 6.61 Å². The summed E-state index contributed by atoms with van der Waals surface area (Å²) < 4.78 is 13.9. The lowest BCUT2D eigenvalue weighted by molar-refractivity contribution is -0.142. The molecule has 1 fully saturated rings. The van der Waals surface area contributed by atoms with Crippen LogP contribution >= 0.6 is 11.9 Å². The van der Waals surface area contributed by atoms with Gasteiger partial charge in [0, 0.05) is 12.8 Å². The lowest BCUT2D eigenvalue weighted by Gasteiger charge is -2.32. The smallest absolute Gasteiger partial charge is 0.302 e. The zero-order chi connectivity index (χ0) is 11.6. The summed E-state index contributed by atoms with van der Waals surface area (Å²) in [5.74, 6) is 0.139. The molecule has 2 unspecified atom stereocenters. The molecule has 1 N–H and O–H groups in total. The minimum atomic E-state index is -0.207. The number of nitrogens with one attached hydrogen (secondary N) is 1. The number of esters is 1. The molecule has 1 spiro atoms. The summed E-state index contributed by atoms with van der Waals surface area (Å²) in [6, 6.07) is 0. The number of hydrogen-bond donors (Lipinski definition) is 1. The molecule has 0 aromatic rings. The van der Waals surface area contributed by atoms with E-state index >= 15 is 0 Å². The number of carbonyl (C=O) groups is 1. The normalized spacial score (nSPS) is 33.9. The quantitative estimate of drug-likeness (QED) is 0.455. The highest BCUT2D eigenvalue weighted by molar-refractivity contribution is 7.99. The van der Waals surface area contributed by atoms with E-state index < -0.39 is 0 Å². The Hall–Kier alpha value is -0.520. The highest BCUT2D eigenvalue weighted by atomic mass is 32.2. The Balaban J connectivity index is 1.97. The van der Waals surface area contributed by atoms with Gasteiger partial charge in [-0.1, -0.05) is 5.57 Å². The van der Waals surface area contributed by atoms with E-state index in [0.29, 0.717) is 19.3 Å². The molecule has 0 aromatic carbocycles. The second kappa shape index (κ2) is 4.77. The molecule has 1 heterocycles. The van der Waals surface area contributed by atoms with E-state index in [0.717, 1.165) is 12.8 Å². The summed E-state index contributed by atoms with van der Waals surface area (Å²) in [5.41, 5.74) is 1.25.